The number of ether oxygens (including phenoxy) is 1. The molecule has 0 aliphatic carbocycles. The maximum absolute atomic E-state index is 12.3. The molecule has 0 spiro atoms. The molecule has 2 heterocycles. The van der Waals surface area contributed by atoms with E-state index in [2.05, 4.69) is 4.99 Å². The van der Waals surface area contributed by atoms with Crippen LogP contribution in [0.15, 0.2) is 59.2 Å². The molecule has 27 heavy (non-hydrogen) atoms. The smallest absolute Gasteiger partial charge is 0.363 e. The number of halogens is 2. The predicted octanol–water partition coefficient (Wildman–Crippen LogP) is 4.95. The number of hydrogen-bond donors (Lipinski definition) is 0. The minimum absolute atomic E-state index is 0.0846. The molecular formula is C20H12Cl2N2O3. The van der Waals surface area contributed by atoms with E-state index in [0.717, 1.165) is 10.9 Å². The molecule has 5 nitrogen and oxygen atoms in total. The average Bonchev–Trinajstić information content (AvgIpc) is 3.15. The van der Waals surface area contributed by atoms with Crippen LogP contribution < -0.4 is 0 Å². The van der Waals surface area contributed by atoms with Gasteiger partial charge in [-0.15, -0.1) is 0 Å². The van der Waals surface area contributed by atoms with Crippen molar-refractivity contribution in [1.82, 2.24) is 4.57 Å². The third kappa shape index (κ3) is 3.16. The van der Waals surface area contributed by atoms with Gasteiger partial charge in [-0.2, -0.15) is 0 Å². The van der Waals surface area contributed by atoms with Gasteiger partial charge in [-0.1, -0.05) is 41.4 Å². The highest BCUT2D eigenvalue weighted by molar-refractivity contribution is 6.37. The number of benzene rings is 2. The van der Waals surface area contributed by atoms with Crippen LogP contribution in [0.4, 0.5) is 0 Å². The molecule has 7 heteroatoms. The Hall–Kier alpha value is -2.89. The van der Waals surface area contributed by atoms with Crippen molar-refractivity contribution >= 4 is 58.0 Å². The van der Waals surface area contributed by atoms with E-state index in [4.69, 9.17) is 27.9 Å². The van der Waals surface area contributed by atoms with Crippen molar-refractivity contribution in [1.29, 1.82) is 0 Å². The van der Waals surface area contributed by atoms with E-state index < -0.39 is 5.97 Å². The maximum atomic E-state index is 12.3. The van der Waals surface area contributed by atoms with Crippen LogP contribution in [0, 0.1) is 0 Å². The lowest BCUT2D eigenvalue weighted by atomic mass is 10.2. The summed E-state index contributed by atoms with van der Waals surface area (Å²) in [6.45, 7) is 1.46. The molecule has 0 fully saturated rings. The molecule has 0 amide bonds. The second-order valence-corrected chi connectivity index (χ2v) is 6.79. The molecule has 0 saturated carbocycles. The minimum atomic E-state index is -0.614. The highest BCUT2D eigenvalue weighted by Gasteiger charge is 2.26. The Kier molecular flexibility index (Phi) is 4.34. The Balaban J connectivity index is 1.81. The van der Waals surface area contributed by atoms with Gasteiger partial charge in [0.25, 0.3) is 0 Å². The second kappa shape index (κ2) is 6.68. The van der Waals surface area contributed by atoms with Crippen molar-refractivity contribution in [2.75, 3.05) is 0 Å². The van der Waals surface area contributed by atoms with Crippen LogP contribution in [0.5, 0.6) is 0 Å². The number of carbonyl (C=O) groups is 2. The molecule has 4 rings (SSSR count). The molecule has 1 aliphatic rings. The molecule has 0 atom stereocenters. The summed E-state index contributed by atoms with van der Waals surface area (Å²) in [7, 11) is 0. The zero-order valence-corrected chi connectivity index (χ0v) is 15.6. The Bertz CT molecular complexity index is 1180. The van der Waals surface area contributed by atoms with E-state index in [1.54, 1.807) is 18.2 Å². The van der Waals surface area contributed by atoms with Crippen LogP contribution in [-0.2, 0) is 9.53 Å². The number of nitrogens with zero attached hydrogens (tertiary/aromatic N) is 2. The predicted molar refractivity (Wildman–Crippen MR) is 105 cm³/mol. The highest BCUT2D eigenvalue weighted by Crippen LogP contribution is 2.27. The summed E-state index contributed by atoms with van der Waals surface area (Å²) in [5, 5.41) is 1.68. The van der Waals surface area contributed by atoms with E-state index in [9.17, 15) is 9.59 Å². The fraction of sp³-hybridized carbons (Fsp3) is 0.0500. The number of hydrogen-bond acceptors (Lipinski definition) is 4. The quantitative estimate of drug-likeness (QED) is 0.453. The largest absolute Gasteiger partial charge is 0.402 e. The van der Waals surface area contributed by atoms with Crippen LogP contribution in [0.25, 0.3) is 17.0 Å². The van der Waals surface area contributed by atoms with Gasteiger partial charge in [-0.05, 0) is 36.4 Å². The summed E-state index contributed by atoms with van der Waals surface area (Å²) in [6, 6.07) is 14.1. The van der Waals surface area contributed by atoms with Gasteiger partial charge in [0.2, 0.25) is 11.8 Å². The minimum Gasteiger partial charge on any atom is -0.402 e. The number of esters is 1. The molecule has 0 N–H and O–H groups in total. The van der Waals surface area contributed by atoms with Crippen molar-refractivity contribution in [2.24, 2.45) is 4.99 Å². The molecule has 3 aromatic rings. The molecule has 0 saturated heterocycles. The summed E-state index contributed by atoms with van der Waals surface area (Å²) in [4.78, 5) is 28.6. The van der Waals surface area contributed by atoms with Crippen molar-refractivity contribution < 1.29 is 14.3 Å². The molecule has 134 valence electrons. The highest BCUT2D eigenvalue weighted by atomic mass is 35.5. The summed E-state index contributed by atoms with van der Waals surface area (Å²) < 4.78 is 6.77. The standard InChI is InChI=1S/C20H12Cl2N2O3/c1-11(25)24-14(8-12-4-2-3-5-18(12)24)10-17-20(26)27-19(23-17)15-7-6-13(21)9-16(15)22/h2-10H,1H3/b17-10-. The van der Waals surface area contributed by atoms with Gasteiger partial charge in [0.1, 0.15) is 0 Å². The number of aliphatic imine (C=N–C) groups is 1. The second-order valence-electron chi connectivity index (χ2n) is 5.94. The van der Waals surface area contributed by atoms with Gasteiger partial charge >= 0.3 is 5.97 Å². The van der Waals surface area contributed by atoms with Gasteiger partial charge in [0, 0.05) is 17.3 Å². The third-order valence-corrected chi connectivity index (χ3v) is 4.67. The lowest BCUT2D eigenvalue weighted by Gasteiger charge is -2.02. The van der Waals surface area contributed by atoms with Crippen molar-refractivity contribution in [2.45, 2.75) is 6.92 Å². The Morgan fingerprint density at radius 1 is 1.15 bits per heavy atom. The van der Waals surface area contributed by atoms with Gasteiger partial charge in [0.05, 0.1) is 21.8 Å². The van der Waals surface area contributed by atoms with Crippen molar-refractivity contribution in [3.63, 3.8) is 0 Å². The van der Waals surface area contributed by atoms with Crippen LogP contribution in [-0.4, -0.2) is 22.3 Å². The van der Waals surface area contributed by atoms with Crippen LogP contribution in [0.1, 0.15) is 23.0 Å². The van der Waals surface area contributed by atoms with Gasteiger partial charge < -0.3 is 4.74 Å². The molecule has 1 aromatic heterocycles. The molecule has 1 aliphatic heterocycles. The molecule has 0 unspecified atom stereocenters. The summed E-state index contributed by atoms with van der Waals surface area (Å²) >= 11 is 12.1. The van der Waals surface area contributed by atoms with Crippen LogP contribution in [0.2, 0.25) is 10.0 Å². The maximum Gasteiger partial charge on any atom is 0.363 e. The normalized spacial score (nSPS) is 15.3. The summed E-state index contributed by atoms with van der Waals surface area (Å²) in [5.41, 5.74) is 1.85. The van der Waals surface area contributed by atoms with E-state index in [-0.39, 0.29) is 17.5 Å². The third-order valence-electron chi connectivity index (χ3n) is 4.12. The first-order valence-corrected chi connectivity index (χ1v) is 8.79. The van der Waals surface area contributed by atoms with E-state index in [0.29, 0.717) is 21.3 Å². The molecule has 0 radical (unpaired) electrons. The van der Waals surface area contributed by atoms with Gasteiger partial charge in [-0.25, -0.2) is 9.79 Å². The summed E-state index contributed by atoms with van der Waals surface area (Å²) in [5.74, 6) is -0.686. The Morgan fingerprint density at radius 3 is 2.67 bits per heavy atom. The van der Waals surface area contributed by atoms with E-state index in [1.807, 2.05) is 30.3 Å². The lowest BCUT2D eigenvalue weighted by molar-refractivity contribution is -0.129. The van der Waals surface area contributed by atoms with E-state index >= 15 is 0 Å². The fourth-order valence-corrected chi connectivity index (χ4v) is 3.45. The molecular weight excluding hydrogens is 387 g/mol. The lowest BCUT2D eigenvalue weighted by Crippen LogP contribution is -2.08. The fourth-order valence-electron chi connectivity index (χ4n) is 2.96. The number of cyclic esters (lactones) is 1. The SMILES string of the molecule is CC(=O)n1c(/C=C2\N=C(c3ccc(Cl)cc3Cl)OC2=O)cc2ccccc21. The van der Waals surface area contributed by atoms with E-state index in [1.165, 1.54) is 17.6 Å². The number of para-hydroxylation sites is 1. The first kappa shape index (κ1) is 17.5. The zero-order valence-electron chi connectivity index (χ0n) is 14.1. The number of aromatic nitrogens is 1. The van der Waals surface area contributed by atoms with Gasteiger partial charge in [-0.3, -0.25) is 9.36 Å². The average molecular weight is 399 g/mol. The Morgan fingerprint density at radius 2 is 1.93 bits per heavy atom. The number of fused-ring (bicyclic) bond motifs is 1. The Labute approximate surface area is 164 Å². The van der Waals surface area contributed by atoms with Crippen LogP contribution in [0.3, 0.4) is 0 Å². The first-order valence-electron chi connectivity index (χ1n) is 8.03. The number of rotatable bonds is 2. The first-order chi connectivity index (χ1) is 12.9. The van der Waals surface area contributed by atoms with Crippen molar-refractivity contribution in [3.05, 3.63) is 75.5 Å². The van der Waals surface area contributed by atoms with Crippen molar-refractivity contribution in [3.8, 4) is 0 Å². The topological polar surface area (TPSA) is 60.7 Å². The summed E-state index contributed by atoms with van der Waals surface area (Å²) in [6.07, 6.45) is 1.53. The van der Waals surface area contributed by atoms with Gasteiger partial charge in [0.15, 0.2) is 5.70 Å². The zero-order chi connectivity index (χ0) is 19.1. The molecule has 0 bridgehead atoms. The van der Waals surface area contributed by atoms with Crippen LogP contribution >= 0.6 is 23.2 Å². The monoisotopic (exact) mass is 398 g/mol. The molecule has 2 aromatic carbocycles. The number of carbonyl (C=O) groups excluding carboxylic acids is 2.